The summed E-state index contributed by atoms with van der Waals surface area (Å²) in [4.78, 5) is 9.06. The number of nitrogens with zero attached hydrogens (tertiary/aromatic N) is 2. The lowest BCUT2D eigenvalue weighted by molar-refractivity contribution is 0.812. The summed E-state index contributed by atoms with van der Waals surface area (Å²) in [5.41, 5.74) is 2.43. The predicted octanol–water partition coefficient (Wildman–Crippen LogP) is 3.06. The minimum atomic E-state index is 0.629. The minimum Gasteiger partial charge on any atom is -0.241 e. The topological polar surface area (TPSA) is 25.8 Å². The maximum Gasteiger partial charge on any atom is 0.131 e. The molecule has 1 aliphatic carbocycles. The van der Waals surface area contributed by atoms with Gasteiger partial charge in [-0.05, 0) is 18.8 Å². The first-order chi connectivity index (χ1) is 6.76. The highest BCUT2D eigenvalue weighted by atomic mass is 79.9. The van der Waals surface area contributed by atoms with Crippen molar-refractivity contribution in [1.82, 2.24) is 9.97 Å². The first kappa shape index (κ1) is 10.1. The lowest BCUT2D eigenvalue weighted by Crippen LogP contribution is -2.01. The highest BCUT2D eigenvalue weighted by Crippen LogP contribution is 2.45. The van der Waals surface area contributed by atoms with Gasteiger partial charge in [-0.15, -0.1) is 0 Å². The second-order valence-electron chi connectivity index (χ2n) is 4.01. The Bertz CT molecular complexity index is 338. The van der Waals surface area contributed by atoms with Crippen LogP contribution in [0.25, 0.3) is 0 Å². The second-order valence-corrected chi connectivity index (χ2v) is 4.57. The average molecular weight is 255 g/mol. The molecule has 2 atom stereocenters. The highest BCUT2D eigenvalue weighted by Gasteiger charge is 2.36. The van der Waals surface area contributed by atoms with Gasteiger partial charge >= 0.3 is 0 Å². The fraction of sp³-hybridized carbons (Fsp3) is 0.636. The molecule has 2 rings (SSSR count). The largest absolute Gasteiger partial charge is 0.241 e. The van der Waals surface area contributed by atoms with Gasteiger partial charge in [-0.2, -0.15) is 0 Å². The van der Waals surface area contributed by atoms with E-state index >= 15 is 0 Å². The Balaban J connectivity index is 2.27. The van der Waals surface area contributed by atoms with Crippen LogP contribution in [0, 0.1) is 5.92 Å². The molecule has 76 valence electrons. The Hall–Kier alpha value is -0.440. The molecule has 2 unspecified atom stereocenters. The molecule has 0 aliphatic heterocycles. The molecule has 1 aromatic rings. The van der Waals surface area contributed by atoms with Gasteiger partial charge in [-0.1, -0.05) is 29.8 Å². The van der Waals surface area contributed by atoms with Crippen molar-refractivity contribution in [2.45, 2.75) is 37.9 Å². The summed E-state index contributed by atoms with van der Waals surface area (Å²) in [6, 6.07) is 0. The number of rotatable bonds is 3. The quantitative estimate of drug-likeness (QED) is 0.776. The predicted molar refractivity (Wildman–Crippen MR) is 60.6 cm³/mol. The molecular formula is C11H15BrN2. The second kappa shape index (κ2) is 3.97. The van der Waals surface area contributed by atoms with Crippen molar-refractivity contribution in [2.75, 3.05) is 0 Å². The monoisotopic (exact) mass is 254 g/mol. The summed E-state index contributed by atoms with van der Waals surface area (Å²) in [5.74, 6) is 2.47. The Morgan fingerprint density at radius 2 is 2.29 bits per heavy atom. The molecule has 2 nitrogen and oxygen atoms in total. The van der Waals surface area contributed by atoms with Crippen LogP contribution in [0.5, 0.6) is 0 Å². The Labute approximate surface area is 93.3 Å². The van der Waals surface area contributed by atoms with Crippen LogP contribution >= 0.6 is 15.9 Å². The van der Waals surface area contributed by atoms with Crippen LogP contribution in [0.1, 0.15) is 43.3 Å². The van der Waals surface area contributed by atoms with Crippen molar-refractivity contribution in [3.05, 3.63) is 23.3 Å². The van der Waals surface area contributed by atoms with Crippen LogP contribution in [0.3, 0.4) is 0 Å². The maximum absolute atomic E-state index is 4.63. The molecule has 1 aliphatic rings. The molecular weight excluding hydrogens is 240 g/mol. The van der Waals surface area contributed by atoms with Crippen molar-refractivity contribution < 1.29 is 0 Å². The molecule has 0 aromatic carbocycles. The van der Waals surface area contributed by atoms with E-state index in [-0.39, 0.29) is 0 Å². The fourth-order valence-corrected chi connectivity index (χ4v) is 2.20. The summed E-state index contributed by atoms with van der Waals surface area (Å²) in [5, 5.41) is 0.858. The first-order valence-corrected chi connectivity index (χ1v) is 6.29. The van der Waals surface area contributed by atoms with Crippen molar-refractivity contribution in [3.63, 3.8) is 0 Å². The van der Waals surface area contributed by atoms with E-state index in [4.69, 9.17) is 0 Å². The Morgan fingerprint density at radius 3 is 2.79 bits per heavy atom. The molecule has 1 fully saturated rings. The average Bonchev–Trinajstić information content (AvgIpc) is 2.94. The van der Waals surface area contributed by atoms with Crippen LogP contribution < -0.4 is 0 Å². The number of aryl methyl sites for hydroxylation is 1. The van der Waals surface area contributed by atoms with Crippen molar-refractivity contribution in [3.8, 4) is 0 Å². The minimum absolute atomic E-state index is 0.629. The lowest BCUT2D eigenvalue weighted by atomic mass is 10.2. The van der Waals surface area contributed by atoms with Gasteiger partial charge < -0.3 is 0 Å². The summed E-state index contributed by atoms with van der Waals surface area (Å²) in [6.45, 7) is 4.41. The molecule has 1 saturated carbocycles. The zero-order valence-electron chi connectivity index (χ0n) is 8.63. The maximum atomic E-state index is 4.63. The van der Waals surface area contributed by atoms with E-state index in [0.717, 1.165) is 23.5 Å². The van der Waals surface area contributed by atoms with Gasteiger partial charge in [-0.3, -0.25) is 0 Å². The summed E-state index contributed by atoms with van der Waals surface area (Å²) < 4.78 is 0. The van der Waals surface area contributed by atoms with Gasteiger partial charge in [0.05, 0.1) is 0 Å². The number of hydrogen-bond donors (Lipinski definition) is 0. The molecule has 0 spiro atoms. The standard InChI is InChI=1S/C11H15BrN2/c1-3-10-8(5-12)6-13-11(14-10)9-4-7(9)2/h6-7,9H,3-5H2,1-2H3. The van der Waals surface area contributed by atoms with E-state index in [2.05, 4.69) is 39.7 Å². The third kappa shape index (κ3) is 1.83. The lowest BCUT2D eigenvalue weighted by Gasteiger charge is -2.05. The van der Waals surface area contributed by atoms with Gasteiger partial charge in [0.25, 0.3) is 0 Å². The van der Waals surface area contributed by atoms with Crippen molar-refractivity contribution in [2.24, 2.45) is 5.92 Å². The summed E-state index contributed by atoms with van der Waals surface area (Å²) in [6.07, 6.45) is 4.23. The van der Waals surface area contributed by atoms with Crippen LogP contribution in [0.4, 0.5) is 0 Å². The van der Waals surface area contributed by atoms with Gasteiger partial charge in [0.2, 0.25) is 0 Å². The van der Waals surface area contributed by atoms with E-state index in [1.165, 1.54) is 17.7 Å². The fourth-order valence-electron chi connectivity index (χ4n) is 1.74. The first-order valence-electron chi connectivity index (χ1n) is 5.17. The van der Waals surface area contributed by atoms with Crippen LogP contribution in [0.2, 0.25) is 0 Å². The molecule has 14 heavy (non-hydrogen) atoms. The molecule has 0 N–H and O–H groups in total. The smallest absolute Gasteiger partial charge is 0.131 e. The molecule has 0 amide bonds. The molecule has 0 saturated heterocycles. The van der Waals surface area contributed by atoms with Crippen molar-refractivity contribution >= 4 is 15.9 Å². The van der Waals surface area contributed by atoms with E-state index < -0.39 is 0 Å². The van der Waals surface area contributed by atoms with E-state index in [0.29, 0.717) is 5.92 Å². The van der Waals surface area contributed by atoms with Gasteiger partial charge in [0, 0.05) is 28.7 Å². The summed E-state index contributed by atoms with van der Waals surface area (Å²) in [7, 11) is 0. The molecule has 1 heterocycles. The number of aromatic nitrogens is 2. The molecule has 0 bridgehead atoms. The molecule has 0 radical (unpaired) electrons. The van der Waals surface area contributed by atoms with Crippen LogP contribution in [-0.4, -0.2) is 9.97 Å². The van der Waals surface area contributed by atoms with Gasteiger partial charge in [0.15, 0.2) is 0 Å². The summed E-state index contributed by atoms with van der Waals surface area (Å²) >= 11 is 3.46. The molecule has 1 aromatic heterocycles. The normalized spacial score (nSPS) is 25.1. The zero-order valence-corrected chi connectivity index (χ0v) is 10.2. The van der Waals surface area contributed by atoms with Gasteiger partial charge in [0.1, 0.15) is 5.82 Å². The number of hydrogen-bond acceptors (Lipinski definition) is 2. The SMILES string of the molecule is CCc1nc(C2CC2C)ncc1CBr. The zero-order chi connectivity index (χ0) is 10.1. The third-order valence-corrected chi connectivity index (χ3v) is 3.50. The highest BCUT2D eigenvalue weighted by molar-refractivity contribution is 9.08. The van der Waals surface area contributed by atoms with Crippen LogP contribution in [-0.2, 0) is 11.8 Å². The number of alkyl halides is 1. The van der Waals surface area contributed by atoms with Crippen LogP contribution in [0.15, 0.2) is 6.20 Å². The van der Waals surface area contributed by atoms with Gasteiger partial charge in [-0.25, -0.2) is 9.97 Å². The Morgan fingerprint density at radius 1 is 1.57 bits per heavy atom. The number of halogens is 1. The molecule has 3 heteroatoms. The van der Waals surface area contributed by atoms with E-state index in [1.807, 2.05) is 6.20 Å². The van der Waals surface area contributed by atoms with E-state index in [1.54, 1.807) is 0 Å². The van der Waals surface area contributed by atoms with E-state index in [9.17, 15) is 0 Å². The van der Waals surface area contributed by atoms with Crippen molar-refractivity contribution in [1.29, 1.82) is 0 Å². The Kier molecular flexibility index (Phi) is 2.86. The third-order valence-electron chi connectivity index (χ3n) is 2.89.